The molecule has 0 bridgehead atoms. The third kappa shape index (κ3) is 5.65. The Kier molecular flexibility index (Phi) is 6.49. The maximum atomic E-state index is 5.84. The lowest BCUT2D eigenvalue weighted by Crippen LogP contribution is -2.17. The quantitative estimate of drug-likeness (QED) is 0.720. The van der Waals surface area contributed by atoms with Crippen LogP contribution in [0.2, 0.25) is 0 Å². The number of methoxy groups -OCH3 is 1. The summed E-state index contributed by atoms with van der Waals surface area (Å²) >= 11 is 0. The van der Waals surface area contributed by atoms with Gasteiger partial charge in [0, 0.05) is 24.8 Å². The molecule has 0 saturated heterocycles. The summed E-state index contributed by atoms with van der Waals surface area (Å²) in [7, 11) is 1.70. The molecule has 4 heteroatoms. The number of rotatable bonds is 10. The average Bonchev–Trinajstić information content (AvgIpc) is 3.33. The van der Waals surface area contributed by atoms with Crippen molar-refractivity contribution in [1.29, 1.82) is 0 Å². The van der Waals surface area contributed by atoms with E-state index in [2.05, 4.69) is 17.4 Å². The van der Waals surface area contributed by atoms with Gasteiger partial charge in [-0.25, -0.2) is 0 Å². The molecular formula is C17H27NO3. The Balaban J connectivity index is 1.89. The second-order valence-corrected chi connectivity index (χ2v) is 5.58. The van der Waals surface area contributed by atoms with Crippen LogP contribution in [0, 0.1) is 0 Å². The molecule has 1 unspecified atom stereocenters. The fraction of sp³-hybridized carbons (Fsp3) is 0.647. The van der Waals surface area contributed by atoms with Gasteiger partial charge in [-0.3, -0.25) is 0 Å². The standard InChI is InChI=1S/C17H27NO3/c1-4-20-11-13(2)21-12-15-9-14(5-8-17(15)19-3)10-18-16-6-7-16/h5,8-9,13,16,18H,4,6-7,10-12H2,1-3H3. The van der Waals surface area contributed by atoms with E-state index in [1.807, 2.05) is 19.9 Å². The van der Waals surface area contributed by atoms with Gasteiger partial charge in [-0.2, -0.15) is 0 Å². The molecule has 118 valence electrons. The van der Waals surface area contributed by atoms with E-state index in [9.17, 15) is 0 Å². The highest BCUT2D eigenvalue weighted by Crippen LogP contribution is 2.23. The molecule has 1 N–H and O–H groups in total. The molecule has 0 spiro atoms. The zero-order valence-electron chi connectivity index (χ0n) is 13.4. The zero-order valence-corrected chi connectivity index (χ0v) is 13.4. The lowest BCUT2D eigenvalue weighted by molar-refractivity contribution is -0.0122. The summed E-state index contributed by atoms with van der Waals surface area (Å²) in [5.74, 6) is 0.883. The molecule has 1 aliphatic carbocycles. The molecule has 1 saturated carbocycles. The summed E-state index contributed by atoms with van der Waals surface area (Å²) in [4.78, 5) is 0. The first-order chi connectivity index (χ1) is 10.2. The van der Waals surface area contributed by atoms with Gasteiger partial charge in [0.1, 0.15) is 5.75 Å². The number of hydrogen-bond acceptors (Lipinski definition) is 4. The highest BCUT2D eigenvalue weighted by Gasteiger charge is 2.20. The summed E-state index contributed by atoms with van der Waals surface area (Å²) in [6, 6.07) is 7.02. The van der Waals surface area contributed by atoms with E-state index in [1.54, 1.807) is 7.11 Å². The minimum absolute atomic E-state index is 0.0860. The molecule has 0 aromatic heterocycles. The summed E-state index contributed by atoms with van der Waals surface area (Å²) in [5, 5.41) is 3.53. The van der Waals surface area contributed by atoms with Crippen LogP contribution in [0.25, 0.3) is 0 Å². The highest BCUT2D eigenvalue weighted by molar-refractivity contribution is 5.37. The largest absolute Gasteiger partial charge is 0.496 e. The smallest absolute Gasteiger partial charge is 0.124 e. The van der Waals surface area contributed by atoms with Crippen molar-refractivity contribution >= 4 is 0 Å². The normalized spacial score (nSPS) is 16.0. The molecule has 0 aliphatic heterocycles. The lowest BCUT2D eigenvalue weighted by Gasteiger charge is -2.15. The zero-order chi connectivity index (χ0) is 15.1. The number of benzene rings is 1. The van der Waals surface area contributed by atoms with E-state index in [-0.39, 0.29) is 6.10 Å². The predicted octanol–water partition coefficient (Wildman–Crippen LogP) is 2.89. The van der Waals surface area contributed by atoms with Crippen LogP contribution in [0.4, 0.5) is 0 Å². The number of ether oxygens (including phenoxy) is 3. The number of hydrogen-bond donors (Lipinski definition) is 1. The Morgan fingerprint density at radius 2 is 2.14 bits per heavy atom. The van der Waals surface area contributed by atoms with Gasteiger partial charge in [-0.1, -0.05) is 6.07 Å². The van der Waals surface area contributed by atoms with Crippen molar-refractivity contribution in [2.24, 2.45) is 0 Å². The first-order valence-electron chi connectivity index (χ1n) is 7.81. The van der Waals surface area contributed by atoms with E-state index in [0.29, 0.717) is 13.2 Å². The first-order valence-corrected chi connectivity index (χ1v) is 7.81. The van der Waals surface area contributed by atoms with Crippen molar-refractivity contribution in [1.82, 2.24) is 5.32 Å². The molecule has 1 aromatic rings. The molecule has 1 aromatic carbocycles. The number of nitrogens with one attached hydrogen (secondary N) is 1. The van der Waals surface area contributed by atoms with Gasteiger partial charge in [0.25, 0.3) is 0 Å². The van der Waals surface area contributed by atoms with Crippen molar-refractivity contribution in [3.8, 4) is 5.75 Å². The second-order valence-electron chi connectivity index (χ2n) is 5.58. The van der Waals surface area contributed by atoms with Crippen LogP contribution >= 0.6 is 0 Å². The molecule has 21 heavy (non-hydrogen) atoms. The molecule has 1 fully saturated rings. The minimum atomic E-state index is 0.0860. The van der Waals surface area contributed by atoms with Gasteiger partial charge in [-0.15, -0.1) is 0 Å². The van der Waals surface area contributed by atoms with Gasteiger partial charge in [0.05, 0.1) is 26.4 Å². The lowest BCUT2D eigenvalue weighted by atomic mass is 10.1. The van der Waals surface area contributed by atoms with Crippen LogP contribution in [-0.4, -0.2) is 32.5 Å². The maximum Gasteiger partial charge on any atom is 0.124 e. The Bertz CT molecular complexity index is 432. The van der Waals surface area contributed by atoms with Gasteiger partial charge in [0.2, 0.25) is 0 Å². The van der Waals surface area contributed by atoms with Gasteiger partial charge >= 0.3 is 0 Å². The fourth-order valence-corrected chi connectivity index (χ4v) is 2.17. The van der Waals surface area contributed by atoms with Crippen LogP contribution in [0.3, 0.4) is 0 Å². The Morgan fingerprint density at radius 1 is 1.33 bits per heavy atom. The first kappa shape index (κ1) is 16.3. The minimum Gasteiger partial charge on any atom is -0.496 e. The molecule has 0 radical (unpaired) electrons. The summed E-state index contributed by atoms with van der Waals surface area (Å²) < 4.78 is 16.6. The van der Waals surface area contributed by atoms with Gasteiger partial charge < -0.3 is 19.5 Å². The molecular weight excluding hydrogens is 266 g/mol. The molecule has 2 rings (SSSR count). The van der Waals surface area contributed by atoms with Crippen LogP contribution in [0.1, 0.15) is 37.8 Å². The third-order valence-electron chi connectivity index (χ3n) is 3.60. The molecule has 4 nitrogen and oxygen atoms in total. The van der Waals surface area contributed by atoms with Gasteiger partial charge in [-0.05, 0) is 44.4 Å². The van der Waals surface area contributed by atoms with Crippen LogP contribution in [0.15, 0.2) is 18.2 Å². The molecule has 0 amide bonds. The molecule has 0 heterocycles. The monoisotopic (exact) mass is 293 g/mol. The van der Waals surface area contributed by atoms with E-state index >= 15 is 0 Å². The summed E-state index contributed by atoms with van der Waals surface area (Å²) in [5.41, 5.74) is 2.37. The third-order valence-corrected chi connectivity index (χ3v) is 3.60. The van der Waals surface area contributed by atoms with E-state index in [4.69, 9.17) is 14.2 Å². The maximum absolute atomic E-state index is 5.84. The summed E-state index contributed by atoms with van der Waals surface area (Å²) in [6.45, 7) is 6.83. The fourth-order valence-electron chi connectivity index (χ4n) is 2.17. The van der Waals surface area contributed by atoms with Crippen LogP contribution in [-0.2, 0) is 22.6 Å². The molecule has 1 atom stereocenters. The Hall–Kier alpha value is -1.10. The van der Waals surface area contributed by atoms with E-state index in [0.717, 1.165) is 30.5 Å². The second kappa shape index (κ2) is 8.37. The van der Waals surface area contributed by atoms with Crippen molar-refractivity contribution in [2.75, 3.05) is 20.3 Å². The van der Waals surface area contributed by atoms with Crippen molar-refractivity contribution in [3.63, 3.8) is 0 Å². The van der Waals surface area contributed by atoms with E-state index in [1.165, 1.54) is 18.4 Å². The average molecular weight is 293 g/mol. The molecule has 1 aliphatic rings. The van der Waals surface area contributed by atoms with Crippen LogP contribution in [0.5, 0.6) is 5.75 Å². The van der Waals surface area contributed by atoms with Crippen molar-refractivity contribution in [3.05, 3.63) is 29.3 Å². The van der Waals surface area contributed by atoms with Crippen molar-refractivity contribution in [2.45, 2.75) is 52.0 Å². The topological polar surface area (TPSA) is 39.7 Å². The summed E-state index contributed by atoms with van der Waals surface area (Å²) in [6.07, 6.45) is 2.70. The Labute approximate surface area is 127 Å². The van der Waals surface area contributed by atoms with Crippen molar-refractivity contribution < 1.29 is 14.2 Å². The van der Waals surface area contributed by atoms with Gasteiger partial charge in [0.15, 0.2) is 0 Å². The van der Waals surface area contributed by atoms with Crippen LogP contribution < -0.4 is 10.1 Å². The SMILES string of the molecule is CCOCC(C)OCc1cc(CNC2CC2)ccc1OC. The highest BCUT2D eigenvalue weighted by atomic mass is 16.5. The van der Waals surface area contributed by atoms with E-state index < -0.39 is 0 Å². The Morgan fingerprint density at radius 3 is 2.81 bits per heavy atom. The predicted molar refractivity (Wildman–Crippen MR) is 83.6 cm³/mol.